The number of amides is 6. The zero-order chi connectivity index (χ0) is 19.8. The molecule has 146 valence electrons. The van der Waals surface area contributed by atoms with Gasteiger partial charge < -0.3 is 0 Å². The van der Waals surface area contributed by atoms with Crippen molar-refractivity contribution in [3.8, 4) is 0 Å². The summed E-state index contributed by atoms with van der Waals surface area (Å²) in [6.07, 6.45) is 4.64. The molecule has 0 atom stereocenters. The molecule has 0 N–H and O–H groups in total. The molecule has 2 aliphatic heterocycles. The second-order valence-electron chi connectivity index (χ2n) is 7.37. The van der Waals surface area contributed by atoms with Gasteiger partial charge in [0.1, 0.15) is 0 Å². The molecule has 1 aliphatic carbocycles. The Kier molecular flexibility index (Phi) is 4.70. The Labute approximate surface area is 162 Å². The van der Waals surface area contributed by atoms with Crippen LogP contribution in [0.3, 0.4) is 0 Å². The average molecular weight is 383 g/mol. The monoisotopic (exact) mass is 383 g/mol. The van der Waals surface area contributed by atoms with E-state index in [2.05, 4.69) is 0 Å². The number of urea groups is 1. The van der Waals surface area contributed by atoms with E-state index in [1.54, 1.807) is 24.3 Å². The molecule has 3 aliphatic rings. The lowest BCUT2D eigenvalue weighted by Gasteiger charge is -2.28. The number of hydrogen-bond donors (Lipinski definition) is 0. The van der Waals surface area contributed by atoms with E-state index >= 15 is 0 Å². The SMILES string of the molecule is O=C1C(=O)N(C2CCCCC2)C(=O)N1CCCN1C(=O)c2ccccc2C1=O. The minimum atomic E-state index is -0.821. The summed E-state index contributed by atoms with van der Waals surface area (Å²) in [5, 5.41) is 0. The van der Waals surface area contributed by atoms with E-state index in [9.17, 15) is 24.0 Å². The Morgan fingerprint density at radius 3 is 1.89 bits per heavy atom. The van der Waals surface area contributed by atoms with Gasteiger partial charge in [0.05, 0.1) is 11.1 Å². The van der Waals surface area contributed by atoms with Crippen molar-refractivity contribution in [2.75, 3.05) is 13.1 Å². The summed E-state index contributed by atoms with van der Waals surface area (Å²) in [6.45, 7) is 0.0844. The van der Waals surface area contributed by atoms with Crippen molar-refractivity contribution in [2.45, 2.75) is 44.6 Å². The highest BCUT2D eigenvalue weighted by molar-refractivity contribution is 6.44. The number of carbonyl (C=O) groups is 5. The number of fused-ring (bicyclic) bond motifs is 1. The third kappa shape index (κ3) is 2.89. The number of benzene rings is 1. The Bertz CT molecular complexity index is 839. The third-order valence-electron chi connectivity index (χ3n) is 5.67. The fraction of sp³-hybridized carbons (Fsp3) is 0.450. The van der Waals surface area contributed by atoms with E-state index in [4.69, 9.17) is 0 Å². The predicted molar refractivity (Wildman–Crippen MR) is 97.3 cm³/mol. The molecular weight excluding hydrogens is 362 g/mol. The van der Waals surface area contributed by atoms with Crippen molar-refractivity contribution in [1.82, 2.24) is 14.7 Å². The van der Waals surface area contributed by atoms with Gasteiger partial charge in [0, 0.05) is 19.1 Å². The van der Waals surface area contributed by atoms with Gasteiger partial charge in [0.25, 0.3) is 11.8 Å². The van der Waals surface area contributed by atoms with E-state index in [0.29, 0.717) is 11.1 Å². The Balaban J connectivity index is 1.38. The number of rotatable bonds is 5. The van der Waals surface area contributed by atoms with E-state index in [1.165, 1.54) is 0 Å². The van der Waals surface area contributed by atoms with E-state index in [0.717, 1.165) is 46.8 Å². The van der Waals surface area contributed by atoms with Crippen LogP contribution in [0.1, 0.15) is 59.2 Å². The standard InChI is InChI=1S/C20H21N3O5/c24-16-14-9-4-5-10-15(14)17(25)21(16)11-6-12-22-18(26)19(27)23(20(22)28)13-7-2-1-3-8-13/h4-5,9-10,13H,1-3,6-8,11-12H2. The maximum atomic E-state index is 12.6. The fourth-order valence-corrected chi connectivity index (χ4v) is 4.21. The maximum Gasteiger partial charge on any atom is 0.334 e. The molecule has 0 bridgehead atoms. The third-order valence-corrected chi connectivity index (χ3v) is 5.67. The van der Waals surface area contributed by atoms with Crippen LogP contribution in [0.5, 0.6) is 0 Å². The Morgan fingerprint density at radius 1 is 0.714 bits per heavy atom. The van der Waals surface area contributed by atoms with Crippen LogP contribution < -0.4 is 0 Å². The molecule has 1 saturated carbocycles. The average Bonchev–Trinajstić information content (AvgIpc) is 3.08. The van der Waals surface area contributed by atoms with Gasteiger partial charge in [-0.3, -0.25) is 33.9 Å². The van der Waals surface area contributed by atoms with Gasteiger partial charge in [-0.25, -0.2) is 4.79 Å². The predicted octanol–water partition coefficient (Wildman–Crippen LogP) is 1.80. The summed E-state index contributed by atoms with van der Waals surface area (Å²) in [6, 6.07) is 5.80. The molecule has 1 aromatic rings. The highest BCUT2D eigenvalue weighted by Crippen LogP contribution is 2.27. The van der Waals surface area contributed by atoms with Crippen molar-refractivity contribution in [3.63, 3.8) is 0 Å². The molecular formula is C20H21N3O5. The van der Waals surface area contributed by atoms with E-state index in [-0.39, 0.29) is 37.4 Å². The highest BCUT2D eigenvalue weighted by atomic mass is 16.2. The highest BCUT2D eigenvalue weighted by Gasteiger charge is 2.47. The fourth-order valence-electron chi connectivity index (χ4n) is 4.21. The summed E-state index contributed by atoms with van der Waals surface area (Å²) in [5.74, 6) is -2.34. The summed E-state index contributed by atoms with van der Waals surface area (Å²) >= 11 is 0. The molecule has 6 amide bonds. The van der Waals surface area contributed by atoms with Crippen LogP contribution in [0.4, 0.5) is 4.79 Å². The quantitative estimate of drug-likeness (QED) is 0.439. The minimum absolute atomic E-state index is 0.0000317. The Morgan fingerprint density at radius 2 is 1.29 bits per heavy atom. The van der Waals surface area contributed by atoms with E-state index in [1.807, 2.05) is 0 Å². The first-order valence-corrected chi connectivity index (χ1v) is 9.65. The van der Waals surface area contributed by atoms with Gasteiger partial charge in [-0.15, -0.1) is 0 Å². The van der Waals surface area contributed by atoms with Crippen LogP contribution in [-0.2, 0) is 9.59 Å². The van der Waals surface area contributed by atoms with Crippen LogP contribution in [0.2, 0.25) is 0 Å². The Hall–Kier alpha value is -3.03. The molecule has 28 heavy (non-hydrogen) atoms. The molecule has 0 spiro atoms. The summed E-state index contributed by atoms with van der Waals surface area (Å²) in [4.78, 5) is 65.1. The van der Waals surface area contributed by atoms with E-state index < -0.39 is 17.8 Å². The first-order chi connectivity index (χ1) is 13.5. The zero-order valence-electron chi connectivity index (χ0n) is 15.4. The molecule has 8 nitrogen and oxygen atoms in total. The van der Waals surface area contributed by atoms with Crippen LogP contribution in [0.15, 0.2) is 24.3 Å². The number of hydrogen-bond acceptors (Lipinski definition) is 5. The minimum Gasteiger partial charge on any atom is -0.274 e. The summed E-state index contributed by atoms with van der Waals surface area (Å²) < 4.78 is 0. The van der Waals surface area contributed by atoms with Crippen molar-refractivity contribution in [2.24, 2.45) is 0 Å². The summed E-state index contributed by atoms with van der Waals surface area (Å²) in [7, 11) is 0. The topological polar surface area (TPSA) is 95.1 Å². The number of carbonyl (C=O) groups excluding carboxylic acids is 5. The van der Waals surface area contributed by atoms with Crippen molar-refractivity contribution in [1.29, 1.82) is 0 Å². The van der Waals surface area contributed by atoms with Crippen LogP contribution >= 0.6 is 0 Å². The molecule has 4 rings (SSSR count). The van der Waals surface area contributed by atoms with Crippen LogP contribution in [-0.4, -0.2) is 63.5 Å². The second-order valence-corrected chi connectivity index (χ2v) is 7.37. The largest absolute Gasteiger partial charge is 0.334 e. The molecule has 0 aromatic heterocycles. The van der Waals surface area contributed by atoms with Crippen molar-refractivity contribution in [3.05, 3.63) is 35.4 Å². The molecule has 1 aromatic carbocycles. The lowest BCUT2D eigenvalue weighted by Crippen LogP contribution is -2.42. The zero-order valence-corrected chi connectivity index (χ0v) is 15.4. The van der Waals surface area contributed by atoms with Crippen molar-refractivity contribution < 1.29 is 24.0 Å². The summed E-state index contributed by atoms with van der Waals surface area (Å²) in [5.41, 5.74) is 0.721. The van der Waals surface area contributed by atoms with Crippen LogP contribution in [0, 0.1) is 0 Å². The second kappa shape index (κ2) is 7.18. The lowest BCUT2D eigenvalue weighted by molar-refractivity contribution is -0.144. The lowest BCUT2D eigenvalue weighted by atomic mass is 9.94. The first kappa shape index (κ1) is 18.3. The van der Waals surface area contributed by atoms with Gasteiger partial charge >= 0.3 is 17.8 Å². The molecule has 0 unspecified atom stereocenters. The van der Waals surface area contributed by atoms with Crippen LogP contribution in [0.25, 0.3) is 0 Å². The van der Waals surface area contributed by atoms with Gasteiger partial charge in [-0.2, -0.15) is 0 Å². The van der Waals surface area contributed by atoms with Crippen molar-refractivity contribution >= 4 is 29.7 Å². The molecule has 2 fully saturated rings. The molecule has 2 heterocycles. The number of imide groups is 3. The molecule has 1 saturated heterocycles. The number of nitrogens with zero attached hydrogens (tertiary/aromatic N) is 3. The maximum absolute atomic E-state index is 12.6. The van der Waals surface area contributed by atoms with Gasteiger partial charge in [-0.05, 0) is 31.4 Å². The van der Waals surface area contributed by atoms with Gasteiger partial charge in [0.15, 0.2) is 0 Å². The molecule has 0 radical (unpaired) electrons. The molecule has 8 heteroatoms. The van der Waals surface area contributed by atoms with Gasteiger partial charge in [0.2, 0.25) is 0 Å². The van der Waals surface area contributed by atoms with Gasteiger partial charge in [-0.1, -0.05) is 31.4 Å². The normalized spacial score (nSPS) is 20.6. The smallest absolute Gasteiger partial charge is 0.274 e. The first-order valence-electron chi connectivity index (χ1n) is 9.65.